The van der Waals surface area contributed by atoms with Gasteiger partial charge in [-0.1, -0.05) is 32.6 Å². The van der Waals surface area contributed by atoms with Crippen LogP contribution in [0, 0.1) is 11.3 Å². The Bertz CT molecular complexity index is 260. The van der Waals surface area contributed by atoms with Crippen molar-refractivity contribution in [2.24, 2.45) is 11.3 Å². The van der Waals surface area contributed by atoms with Gasteiger partial charge in [-0.25, -0.2) is 0 Å². The van der Waals surface area contributed by atoms with E-state index in [1.807, 2.05) is 0 Å². The van der Waals surface area contributed by atoms with Gasteiger partial charge in [-0.2, -0.15) is 0 Å². The third-order valence-corrected chi connectivity index (χ3v) is 4.94. The van der Waals surface area contributed by atoms with E-state index in [2.05, 4.69) is 6.92 Å². The standard InChI is InChI=1S/C13H22O2/c1-10-9-11(14)12(2,15)13(10)7-5-3-4-6-8-13/h10,15H,3-9H2,1-2H3/t10-,12-/m1/s1. The van der Waals surface area contributed by atoms with Gasteiger partial charge >= 0.3 is 0 Å². The molecule has 15 heavy (non-hydrogen) atoms. The van der Waals surface area contributed by atoms with Crippen molar-refractivity contribution in [2.75, 3.05) is 0 Å². The summed E-state index contributed by atoms with van der Waals surface area (Å²) in [5.41, 5.74) is -1.17. The molecule has 86 valence electrons. The zero-order chi connectivity index (χ0) is 11.1. The summed E-state index contributed by atoms with van der Waals surface area (Å²) in [6, 6.07) is 0. The summed E-state index contributed by atoms with van der Waals surface area (Å²) in [5.74, 6) is 0.426. The summed E-state index contributed by atoms with van der Waals surface area (Å²) in [7, 11) is 0. The monoisotopic (exact) mass is 210 g/mol. The Morgan fingerprint density at radius 1 is 1.20 bits per heavy atom. The van der Waals surface area contributed by atoms with E-state index in [4.69, 9.17) is 0 Å². The average molecular weight is 210 g/mol. The summed E-state index contributed by atoms with van der Waals surface area (Å²) in [4.78, 5) is 11.8. The number of carbonyl (C=O) groups excluding carboxylic acids is 1. The quantitative estimate of drug-likeness (QED) is 0.667. The summed E-state index contributed by atoms with van der Waals surface area (Å²) < 4.78 is 0. The zero-order valence-corrected chi connectivity index (χ0v) is 9.88. The average Bonchev–Trinajstić information content (AvgIpc) is 2.40. The molecule has 0 amide bonds. The highest BCUT2D eigenvalue weighted by atomic mass is 16.3. The minimum Gasteiger partial charge on any atom is -0.382 e. The van der Waals surface area contributed by atoms with Gasteiger partial charge in [0.05, 0.1) is 0 Å². The second kappa shape index (κ2) is 3.58. The van der Waals surface area contributed by atoms with Crippen molar-refractivity contribution in [3.8, 4) is 0 Å². The fraction of sp³-hybridized carbons (Fsp3) is 0.923. The van der Waals surface area contributed by atoms with Crippen LogP contribution in [-0.4, -0.2) is 16.5 Å². The highest BCUT2D eigenvalue weighted by Crippen LogP contribution is 2.55. The lowest BCUT2D eigenvalue weighted by Crippen LogP contribution is -2.47. The van der Waals surface area contributed by atoms with Crippen LogP contribution in [-0.2, 0) is 4.79 Å². The van der Waals surface area contributed by atoms with Gasteiger partial charge in [0.2, 0.25) is 0 Å². The second-order valence-electron chi connectivity index (χ2n) is 5.67. The lowest BCUT2D eigenvalue weighted by Gasteiger charge is -2.41. The van der Waals surface area contributed by atoms with Crippen molar-refractivity contribution < 1.29 is 9.90 Å². The lowest BCUT2D eigenvalue weighted by molar-refractivity contribution is -0.143. The molecule has 0 aromatic carbocycles. The Labute approximate surface area is 92.1 Å². The molecule has 0 heterocycles. The number of hydrogen-bond acceptors (Lipinski definition) is 2. The fourth-order valence-electron chi connectivity index (χ4n) is 3.77. The molecule has 2 atom stereocenters. The molecule has 1 N–H and O–H groups in total. The molecule has 2 saturated carbocycles. The largest absolute Gasteiger partial charge is 0.382 e. The van der Waals surface area contributed by atoms with E-state index in [0.717, 1.165) is 12.8 Å². The topological polar surface area (TPSA) is 37.3 Å². The minimum atomic E-state index is -1.06. The molecular weight excluding hydrogens is 188 g/mol. The summed E-state index contributed by atoms with van der Waals surface area (Å²) in [6.07, 6.45) is 7.52. The minimum absolute atomic E-state index is 0.0666. The number of Topliss-reactive ketones (excluding diaryl/α,β-unsaturated/α-hetero) is 1. The molecular formula is C13H22O2. The number of hydrogen-bond donors (Lipinski definition) is 1. The number of ketones is 1. The van der Waals surface area contributed by atoms with Gasteiger partial charge in [0.25, 0.3) is 0 Å². The van der Waals surface area contributed by atoms with Crippen LogP contribution in [0.1, 0.15) is 58.8 Å². The molecule has 2 heteroatoms. The maximum atomic E-state index is 11.8. The zero-order valence-electron chi connectivity index (χ0n) is 9.88. The first-order valence-electron chi connectivity index (χ1n) is 6.26. The van der Waals surface area contributed by atoms with Crippen LogP contribution in [0.4, 0.5) is 0 Å². The maximum absolute atomic E-state index is 11.8. The van der Waals surface area contributed by atoms with Gasteiger partial charge in [-0.3, -0.25) is 4.79 Å². The number of aliphatic hydroxyl groups is 1. The third kappa shape index (κ3) is 1.45. The molecule has 0 aromatic heterocycles. The van der Waals surface area contributed by atoms with Crippen molar-refractivity contribution in [1.29, 1.82) is 0 Å². The Kier molecular flexibility index (Phi) is 2.66. The van der Waals surface area contributed by atoms with E-state index in [0.29, 0.717) is 12.3 Å². The van der Waals surface area contributed by atoms with Crippen LogP contribution < -0.4 is 0 Å². The van der Waals surface area contributed by atoms with Crippen LogP contribution in [0.2, 0.25) is 0 Å². The van der Waals surface area contributed by atoms with Gasteiger partial charge in [0.1, 0.15) is 5.60 Å². The number of carbonyl (C=O) groups is 1. The Balaban J connectivity index is 2.34. The molecule has 2 rings (SSSR count). The van der Waals surface area contributed by atoms with Gasteiger partial charge in [0, 0.05) is 11.8 Å². The Hall–Kier alpha value is -0.370. The molecule has 0 aliphatic heterocycles. The van der Waals surface area contributed by atoms with E-state index >= 15 is 0 Å². The van der Waals surface area contributed by atoms with E-state index in [1.165, 1.54) is 25.7 Å². The Morgan fingerprint density at radius 3 is 2.13 bits per heavy atom. The first kappa shape index (κ1) is 11.1. The SMILES string of the molecule is C[C@@H]1CC(=O)[C@@](C)(O)C12CCCCCC2. The van der Waals surface area contributed by atoms with Crippen LogP contribution >= 0.6 is 0 Å². The van der Waals surface area contributed by atoms with Crippen LogP contribution in [0.25, 0.3) is 0 Å². The summed E-state index contributed by atoms with van der Waals surface area (Å²) >= 11 is 0. The fourth-order valence-corrected chi connectivity index (χ4v) is 3.77. The summed E-state index contributed by atoms with van der Waals surface area (Å²) in [5, 5.41) is 10.5. The van der Waals surface area contributed by atoms with Crippen molar-refractivity contribution in [2.45, 2.75) is 64.4 Å². The first-order valence-corrected chi connectivity index (χ1v) is 6.26. The highest BCUT2D eigenvalue weighted by molar-refractivity contribution is 5.90. The molecule has 2 nitrogen and oxygen atoms in total. The van der Waals surface area contributed by atoms with E-state index in [9.17, 15) is 9.90 Å². The lowest BCUT2D eigenvalue weighted by atomic mass is 9.65. The van der Waals surface area contributed by atoms with E-state index in [1.54, 1.807) is 6.92 Å². The van der Waals surface area contributed by atoms with Crippen LogP contribution in [0.15, 0.2) is 0 Å². The molecule has 2 aliphatic rings. The predicted octanol–water partition coefficient (Wildman–Crippen LogP) is 2.69. The molecule has 0 saturated heterocycles. The summed E-state index contributed by atoms with van der Waals surface area (Å²) in [6.45, 7) is 3.90. The van der Waals surface area contributed by atoms with Crippen molar-refractivity contribution >= 4 is 5.78 Å². The Morgan fingerprint density at radius 2 is 1.73 bits per heavy atom. The molecule has 2 aliphatic carbocycles. The van der Waals surface area contributed by atoms with Gasteiger partial charge < -0.3 is 5.11 Å². The van der Waals surface area contributed by atoms with Crippen LogP contribution in [0.5, 0.6) is 0 Å². The molecule has 1 spiro atoms. The molecule has 0 bridgehead atoms. The van der Waals surface area contributed by atoms with Crippen molar-refractivity contribution in [1.82, 2.24) is 0 Å². The van der Waals surface area contributed by atoms with Gasteiger partial charge in [-0.05, 0) is 25.7 Å². The molecule has 0 aromatic rings. The normalized spacial score (nSPS) is 40.7. The third-order valence-electron chi connectivity index (χ3n) is 4.94. The molecule has 0 unspecified atom stereocenters. The van der Waals surface area contributed by atoms with Crippen LogP contribution in [0.3, 0.4) is 0 Å². The van der Waals surface area contributed by atoms with Crippen molar-refractivity contribution in [3.63, 3.8) is 0 Å². The van der Waals surface area contributed by atoms with E-state index in [-0.39, 0.29) is 11.2 Å². The van der Waals surface area contributed by atoms with Gasteiger partial charge in [0.15, 0.2) is 5.78 Å². The smallest absolute Gasteiger partial charge is 0.164 e. The van der Waals surface area contributed by atoms with Gasteiger partial charge in [-0.15, -0.1) is 0 Å². The number of rotatable bonds is 0. The first-order chi connectivity index (χ1) is 7.01. The second-order valence-corrected chi connectivity index (χ2v) is 5.67. The highest BCUT2D eigenvalue weighted by Gasteiger charge is 2.59. The van der Waals surface area contributed by atoms with Crippen molar-refractivity contribution in [3.05, 3.63) is 0 Å². The predicted molar refractivity (Wildman–Crippen MR) is 59.5 cm³/mol. The van der Waals surface area contributed by atoms with E-state index < -0.39 is 5.60 Å². The molecule has 2 fully saturated rings. The molecule has 0 radical (unpaired) electrons. The maximum Gasteiger partial charge on any atom is 0.164 e.